The maximum Gasteiger partial charge on any atom is 0.201 e. The van der Waals surface area contributed by atoms with E-state index in [1.165, 1.54) is 32.1 Å². The van der Waals surface area contributed by atoms with Crippen LogP contribution in [0.2, 0.25) is 0 Å². The molecule has 0 spiro atoms. The zero-order valence-corrected chi connectivity index (χ0v) is 16.9. The summed E-state index contributed by atoms with van der Waals surface area (Å²) in [6.07, 6.45) is 11.2. The molecule has 4 rings (SSSR count). The van der Waals surface area contributed by atoms with E-state index in [1.807, 2.05) is 25.1 Å². The van der Waals surface area contributed by atoms with Gasteiger partial charge < -0.3 is 4.74 Å². The highest BCUT2D eigenvalue weighted by atomic mass is 19.2. The summed E-state index contributed by atoms with van der Waals surface area (Å²) in [6.45, 7) is 4.47. The third-order valence-electron chi connectivity index (χ3n) is 6.93. The van der Waals surface area contributed by atoms with E-state index >= 15 is 0 Å². The molecule has 1 nitrogen and oxygen atoms in total. The van der Waals surface area contributed by atoms with Crippen LogP contribution in [0.5, 0.6) is 5.75 Å². The van der Waals surface area contributed by atoms with Crippen molar-refractivity contribution in [1.29, 1.82) is 0 Å². The van der Waals surface area contributed by atoms with Crippen LogP contribution in [0.1, 0.15) is 63.9 Å². The van der Waals surface area contributed by atoms with Gasteiger partial charge >= 0.3 is 0 Å². The number of hydrogen-bond acceptors (Lipinski definition) is 1. The summed E-state index contributed by atoms with van der Waals surface area (Å²) in [7, 11) is 0. The Kier molecular flexibility index (Phi) is 5.70. The van der Waals surface area contributed by atoms with Crippen LogP contribution in [0.3, 0.4) is 0 Å². The van der Waals surface area contributed by atoms with Crippen molar-refractivity contribution in [2.45, 2.75) is 58.3 Å². The van der Waals surface area contributed by atoms with E-state index in [2.05, 4.69) is 13.0 Å². The zero-order chi connectivity index (χ0) is 19.7. The second-order valence-electron chi connectivity index (χ2n) is 8.81. The summed E-state index contributed by atoms with van der Waals surface area (Å²) in [6, 6.07) is 7.51. The van der Waals surface area contributed by atoms with E-state index in [0.717, 1.165) is 29.7 Å². The molecule has 2 aliphatic rings. The molecule has 2 saturated carbocycles. The Morgan fingerprint density at radius 1 is 1.00 bits per heavy atom. The summed E-state index contributed by atoms with van der Waals surface area (Å²) in [5.74, 6) is 1.29. The number of halogens is 2. The lowest BCUT2D eigenvalue weighted by molar-refractivity contribution is 0.124. The van der Waals surface area contributed by atoms with Crippen molar-refractivity contribution >= 4 is 10.8 Å². The topological polar surface area (TPSA) is 9.23 Å². The summed E-state index contributed by atoms with van der Waals surface area (Å²) < 4.78 is 34.6. The molecule has 2 unspecified atom stereocenters. The number of ether oxygens (including phenoxy) is 1. The van der Waals surface area contributed by atoms with Gasteiger partial charge in [-0.2, -0.15) is 4.39 Å². The Morgan fingerprint density at radius 2 is 1.79 bits per heavy atom. The quantitative estimate of drug-likeness (QED) is 0.499. The minimum Gasteiger partial charge on any atom is -0.486 e. The molecule has 150 valence electrons. The molecule has 0 bridgehead atoms. The number of benzene rings is 2. The molecular formula is C25H30F2O. The minimum atomic E-state index is -0.890. The van der Waals surface area contributed by atoms with Crippen LogP contribution < -0.4 is 4.74 Å². The molecule has 0 aliphatic heterocycles. The second-order valence-corrected chi connectivity index (χ2v) is 8.81. The highest BCUT2D eigenvalue weighted by molar-refractivity contribution is 5.85. The normalized spacial score (nSPS) is 27.9. The van der Waals surface area contributed by atoms with Gasteiger partial charge in [-0.05, 0) is 85.8 Å². The first-order valence-corrected chi connectivity index (χ1v) is 10.7. The number of hydrogen-bond donors (Lipinski definition) is 0. The molecule has 2 aliphatic carbocycles. The van der Waals surface area contributed by atoms with Gasteiger partial charge in [0, 0.05) is 5.39 Å². The minimum absolute atomic E-state index is 0.0207. The summed E-state index contributed by atoms with van der Waals surface area (Å²) in [5, 5.41) is 1.06. The Labute approximate surface area is 166 Å². The molecule has 2 aromatic rings. The van der Waals surface area contributed by atoms with Crippen molar-refractivity contribution in [3.05, 3.63) is 53.6 Å². The predicted molar refractivity (Wildman–Crippen MR) is 111 cm³/mol. The molecule has 0 amide bonds. The third kappa shape index (κ3) is 3.81. The fraction of sp³-hybridized carbons (Fsp3) is 0.520. The van der Waals surface area contributed by atoms with Gasteiger partial charge in [-0.3, -0.25) is 0 Å². The number of rotatable bonds is 4. The maximum atomic E-state index is 14.8. The SMILES string of the molecule is C/C=C/COc1cc2ccc([C@@H]3CC[C@@H]4CC(C)CCC4C3)cc2c(F)c1F. The number of allylic oxidation sites excluding steroid dienone is 1. The highest BCUT2D eigenvalue weighted by Crippen LogP contribution is 2.47. The molecule has 2 aromatic carbocycles. The Hall–Kier alpha value is -1.90. The van der Waals surface area contributed by atoms with Crippen LogP contribution in [0.25, 0.3) is 10.8 Å². The second kappa shape index (κ2) is 8.23. The van der Waals surface area contributed by atoms with Crippen molar-refractivity contribution < 1.29 is 13.5 Å². The van der Waals surface area contributed by atoms with Crippen LogP contribution >= 0.6 is 0 Å². The largest absolute Gasteiger partial charge is 0.486 e. The van der Waals surface area contributed by atoms with Gasteiger partial charge in [0.15, 0.2) is 11.6 Å². The summed E-state index contributed by atoms with van der Waals surface area (Å²) in [5.41, 5.74) is 1.16. The first-order chi connectivity index (χ1) is 13.6. The van der Waals surface area contributed by atoms with Gasteiger partial charge in [0.05, 0.1) is 0 Å². The molecule has 0 aromatic heterocycles. The van der Waals surface area contributed by atoms with Gasteiger partial charge in [-0.15, -0.1) is 0 Å². The van der Waals surface area contributed by atoms with Gasteiger partial charge in [-0.25, -0.2) is 4.39 Å². The lowest BCUT2D eigenvalue weighted by atomic mass is 9.64. The van der Waals surface area contributed by atoms with E-state index in [-0.39, 0.29) is 12.4 Å². The number of fused-ring (bicyclic) bond motifs is 2. The Bertz CT molecular complexity index is 872. The summed E-state index contributed by atoms with van der Waals surface area (Å²) in [4.78, 5) is 0. The van der Waals surface area contributed by atoms with Crippen molar-refractivity contribution in [1.82, 2.24) is 0 Å². The maximum absolute atomic E-state index is 14.8. The molecule has 3 heteroatoms. The standard InChI is InChI=1S/C25H30F2O/c1-3-4-11-28-23-15-21-10-9-20(14-22(21)24(26)25(23)27)19-8-7-17-12-16(2)5-6-18(17)13-19/h3-4,9-10,14-19H,5-8,11-13H2,1-2H3/b4-3+/t16?,17-,18?,19-/m1/s1. The fourth-order valence-corrected chi connectivity index (χ4v) is 5.34. The van der Waals surface area contributed by atoms with Gasteiger partial charge in [0.2, 0.25) is 5.82 Å². The van der Waals surface area contributed by atoms with E-state index in [1.54, 1.807) is 12.1 Å². The van der Waals surface area contributed by atoms with E-state index < -0.39 is 11.6 Å². The Morgan fingerprint density at radius 3 is 2.61 bits per heavy atom. The van der Waals surface area contributed by atoms with Crippen LogP contribution in [0.15, 0.2) is 36.4 Å². The lowest BCUT2D eigenvalue weighted by Gasteiger charge is -2.41. The van der Waals surface area contributed by atoms with Gasteiger partial charge in [0.1, 0.15) is 6.61 Å². The molecule has 4 atom stereocenters. The van der Waals surface area contributed by atoms with Crippen LogP contribution in [-0.2, 0) is 0 Å². The van der Waals surface area contributed by atoms with Crippen molar-refractivity contribution in [3.8, 4) is 5.75 Å². The molecule has 0 saturated heterocycles. The molecule has 0 radical (unpaired) electrons. The van der Waals surface area contributed by atoms with E-state index in [0.29, 0.717) is 16.7 Å². The van der Waals surface area contributed by atoms with Crippen molar-refractivity contribution in [3.63, 3.8) is 0 Å². The van der Waals surface area contributed by atoms with Crippen LogP contribution in [0.4, 0.5) is 8.78 Å². The van der Waals surface area contributed by atoms with E-state index in [4.69, 9.17) is 4.74 Å². The molecular weight excluding hydrogens is 354 g/mol. The van der Waals surface area contributed by atoms with Crippen LogP contribution in [-0.4, -0.2) is 6.61 Å². The highest BCUT2D eigenvalue weighted by Gasteiger charge is 2.34. The summed E-state index contributed by atoms with van der Waals surface area (Å²) >= 11 is 0. The third-order valence-corrected chi connectivity index (χ3v) is 6.93. The lowest BCUT2D eigenvalue weighted by Crippen LogP contribution is -2.29. The predicted octanol–water partition coefficient (Wildman–Crippen LogP) is 7.39. The smallest absolute Gasteiger partial charge is 0.201 e. The van der Waals surface area contributed by atoms with Gasteiger partial charge in [0.25, 0.3) is 0 Å². The molecule has 2 fully saturated rings. The molecule has 28 heavy (non-hydrogen) atoms. The van der Waals surface area contributed by atoms with E-state index in [9.17, 15) is 8.78 Å². The fourth-order valence-electron chi connectivity index (χ4n) is 5.34. The average molecular weight is 385 g/mol. The van der Waals surface area contributed by atoms with Crippen LogP contribution in [0, 0.1) is 29.4 Å². The molecule has 0 N–H and O–H groups in total. The van der Waals surface area contributed by atoms with Crippen molar-refractivity contribution in [2.75, 3.05) is 6.61 Å². The van der Waals surface area contributed by atoms with Crippen molar-refractivity contribution in [2.24, 2.45) is 17.8 Å². The first-order valence-electron chi connectivity index (χ1n) is 10.7. The van der Waals surface area contributed by atoms with Gasteiger partial charge in [-0.1, -0.05) is 37.6 Å². The Balaban J connectivity index is 1.58. The first kappa shape index (κ1) is 19.4. The monoisotopic (exact) mass is 384 g/mol. The molecule has 0 heterocycles. The average Bonchev–Trinajstić information content (AvgIpc) is 2.71. The zero-order valence-electron chi connectivity index (χ0n) is 16.9.